The number of hydrogen-bond acceptors (Lipinski definition) is 6. The van der Waals surface area contributed by atoms with Crippen LogP contribution in [-0.2, 0) is 11.3 Å². The van der Waals surface area contributed by atoms with E-state index in [0.717, 1.165) is 45.0 Å². The van der Waals surface area contributed by atoms with Gasteiger partial charge in [-0.1, -0.05) is 0 Å². The first-order valence-electron chi connectivity index (χ1n) is 9.93. The predicted octanol–water partition coefficient (Wildman–Crippen LogP) is 1.08. The molecule has 2 aliphatic rings. The molecule has 4 rings (SSSR count). The second-order valence-electron chi connectivity index (χ2n) is 7.44. The topological polar surface area (TPSA) is 70.8 Å². The molecule has 1 unspecified atom stereocenters. The van der Waals surface area contributed by atoms with E-state index >= 15 is 0 Å². The molecule has 1 atom stereocenters. The molecule has 2 fully saturated rings. The molecule has 1 aromatic heterocycles. The number of nitrogens with zero attached hydrogens (tertiary/aromatic N) is 4. The van der Waals surface area contributed by atoms with Crippen molar-refractivity contribution in [2.75, 3.05) is 50.8 Å². The summed E-state index contributed by atoms with van der Waals surface area (Å²) in [6.45, 7) is 6.16. The van der Waals surface area contributed by atoms with Gasteiger partial charge in [-0.3, -0.25) is 14.3 Å². The van der Waals surface area contributed by atoms with Gasteiger partial charge in [0.05, 0.1) is 36.5 Å². The van der Waals surface area contributed by atoms with E-state index in [9.17, 15) is 4.79 Å². The third-order valence-corrected chi connectivity index (χ3v) is 5.62. The maximum atomic E-state index is 12.4. The molecule has 146 valence electrons. The maximum absolute atomic E-state index is 12.4. The summed E-state index contributed by atoms with van der Waals surface area (Å²) in [5, 5.41) is 9.65. The highest BCUT2D eigenvalue weighted by Gasteiger charge is 2.22. The van der Waals surface area contributed by atoms with Crippen LogP contribution < -0.4 is 10.5 Å². The summed E-state index contributed by atoms with van der Waals surface area (Å²) in [7, 11) is 0. The van der Waals surface area contributed by atoms with Crippen molar-refractivity contribution in [1.29, 1.82) is 0 Å². The second-order valence-corrected chi connectivity index (χ2v) is 7.44. The minimum absolute atomic E-state index is 0.0681. The van der Waals surface area contributed by atoms with Crippen LogP contribution in [0.3, 0.4) is 0 Å². The van der Waals surface area contributed by atoms with E-state index in [4.69, 9.17) is 9.84 Å². The molecule has 0 bridgehead atoms. The number of aromatic nitrogens is 2. The van der Waals surface area contributed by atoms with Crippen molar-refractivity contribution < 1.29 is 9.84 Å². The van der Waals surface area contributed by atoms with Crippen molar-refractivity contribution >= 4 is 16.6 Å². The number of rotatable bonds is 5. The number of ether oxygens (including phenoxy) is 1. The van der Waals surface area contributed by atoms with Crippen molar-refractivity contribution in [2.24, 2.45) is 0 Å². The van der Waals surface area contributed by atoms with E-state index in [2.05, 4.69) is 14.8 Å². The fourth-order valence-corrected chi connectivity index (χ4v) is 4.04. The Balaban J connectivity index is 1.41. The van der Waals surface area contributed by atoms with E-state index in [0.29, 0.717) is 17.0 Å². The summed E-state index contributed by atoms with van der Waals surface area (Å²) in [5.74, 6) is 0. The molecule has 0 aliphatic carbocycles. The number of aliphatic hydroxyl groups excluding tert-OH is 1. The Kier molecular flexibility index (Phi) is 5.71. The largest absolute Gasteiger partial charge is 0.395 e. The Hall–Kier alpha value is -1.96. The average molecular weight is 372 g/mol. The molecule has 27 heavy (non-hydrogen) atoms. The van der Waals surface area contributed by atoms with Gasteiger partial charge in [0.15, 0.2) is 0 Å². The summed E-state index contributed by atoms with van der Waals surface area (Å²) in [6, 6.07) is 5.87. The van der Waals surface area contributed by atoms with Crippen LogP contribution in [0.2, 0.25) is 0 Å². The molecule has 2 saturated heterocycles. The molecular weight excluding hydrogens is 344 g/mol. The lowest BCUT2D eigenvalue weighted by atomic mass is 10.1. The first-order valence-corrected chi connectivity index (χ1v) is 9.93. The quantitative estimate of drug-likeness (QED) is 0.847. The molecule has 2 aromatic rings. The molecule has 0 amide bonds. The van der Waals surface area contributed by atoms with Gasteiger partial charge in [-0.05, 0) is 37.5 Å². The molecule has 0 spiro atoms. The lowest BCUT2D eigenvalue weighted by Crippen LogP contribution is -2.49. The molecule has 1 aromatic carbocycles. The third-order valence-electron chi connectivity index (χ3n) is 5.62. The first kappa shape index (κ1) is 18.4. The molecule has 7 heteroatoms. The highest BCUT2D eigenvalue weighted by molar-refractivity contribution is 5.81. The van der Waals surface area contributed by atoms with E-state index in [-0.39, 0.29) is 18.7 Å². The van der Waals surface area contributed by atoms with Gasteiger partial charge in [0.25, 0.3) is 5.56 Å². The Morgan fingerprint density at radius 2 is 2.04 bits per heavy atom. The number of aliphatic hydroxyl groups is 1. The van der Waals surface area contributed by atoms with Crippen LogP contribution in [0.5, 0.6) is 0 Å². The zero-order valence-corrected chi connectivity index (χ0v) is 15.7. The molecule has 0 radical (unpaired) electrons. The van der Waals surface area contributed by atoms with Crippen LogP contribution >= 0.6 is 0 Å². The zero-order chi connectivity index (χ0) is 18.6. The van der Waals surface area contributed by atoms with E-state index in [1.165, 1.54) is 30.2 Å². The number of anilines is 1. The third kappa shape index (κ3) is 4.15. The highest BCUT2D eigenvalue weighted by atomic mass is 16.5. The van der Waals surface area contributed by atoms with Crippen molar-refractivity contribution in [3.8, 4) is 0 Å². The average Bonchev–Trinajstić information content (AvgIpc) is 2.71. The van der Waals surface area contributed by atoms with Gasteiger partial charge in [0.1, 0.15) is 0 Å². The van der Waals surface area contributed by atoms with Gasteiger partial charge in [0, 0.05) is 45.0 Å². The van der Waals surface area contributed by atoms with E-state index in [1.807, 2.05) is 18.2 Å². The van der Waals surface area contributed by atoms with Crippen LogP contribution in [0.1, 0.15) is 19.3 Å². The summed E-state index contributed by atoms with van der Waals surface area (Å²) in [5.41, 5.74) is 1.73. The fourth-order valence-electron chi connectivity index (χ4n) is 4.04. The SMILES string of the molecule is O=c1c2ccc(N3CCN(CC4CCCCO4)CC3)cc2ncn1CCO. The summed E-state index contributed by atoms with van der Waals surface area (Å²) >= 11 is 0. The summed E-state index contributed by atoms with van der Waals surface area (Å²) < 4.78 is 7.32. The summed E-state index contributed by atoms with van der Waals surface area (Å²) in [4.78, 5) is 21.7. The number of fused-ring (bicyclic) bond motifs is 1. The molecule has 0 saturated carbocycles. The Bertz CT molecular complexity index is 824. The number of benzene rings is 1. The second kappa shape index (κ2) is 8.37. The van der Waals surface area contributed by atoms with Gasteiger partial charge in [0.2, 0.25) is 0 Å². The van der Waals surface area contributed by atoms with Crippen LogP contribution in [0.4, 0.5) is 5.69 Å². The molecular formula is C20H28N4O3. The van der Waals surface area contributed by atoms with Crippen molar-refractivity contribution in [1.82, 2.24) is 14.5 Å². The van der Waals surface area contributed by atoms with Gasteiger partial charge in [-0.15, -0.1) is 0 Å². The molecule has 1 N–H and O–H groups in total. The van der Waals surface area contributed by atoms with Crippen LogP contribution in [0.25, 0.3) is 10.9 Å². The fraction of sp³-hybridized carbons (Fsp3) is 0.600. The van der Waals surface area contributed by atoms with Gasteiger partial charge in [-0.25, -0.2) is 4.98 Å². The highest BCUT2D eigenvalue weighted by Crippen LogP contribution is 2.21. The van der Waals surface area contributed by atoms with Crippen molar-refractivity contribution in [2.45, 2.75) is 31.9 Å². The molecule has 2 aliphatic heterocycles. The summed E-state index contributed by atoms with van der Waals surface area (Å²) in [6.07, 6.45) is 5.59. The smallest absolute Gasteiger partial charge is 0.261 e. The normalized spacial score (nSPS) is 21.7. The first-order chi connectivity index (χ1) is 13.2. The van der Waals surface area contributed by atoms with E-state index < -0.39 is 0 Å². The maximum Gasteiger partial charge on any atom is 0.261 e. The minimum Gasteiger partial charge on any atom is -0.395 e. The Labute approximate surface area is 159 Å². The van der Waals surface area contributed by atoms with Gasteiger partial charge in [-0.2, -0.15) is 0 Å². The predicted molar refractivity (Wildman–Crippen MR) is 105 cm³/mol. The Morgan fingerprint density at radius 3 is 2.78 bits per heavy atom. The van der Waals surface area contributed by atoms with E-state index in [1.54, 1.807) is 0 Å². The van der Waals surface area contributed by atoms with Crippen LogP contribution in [0.15, 0.2) is 29.3 Å². The minimum atomic E-state index is -0.0992. The lowest BCUT2D eigenvalue weighted by Gasteiger charge is -2.38. The molecule has 3 heterocycles. The number of hydrogen-bond donors (Lipinski definition) is 1. The van der Waals surface area contributed by atoms with Crippen LogP contribution in [0, 0.1) is 0 Å². The lowest BCUT2D eigenvalue weighted by molar-refractivity contribution is -0.00644. The number of piperazine rings is 1. The monoisotopic (exact) mass is 372 g/mol. The zero-order valence-electron chi connectivity index (χ0n) is 15.7. The van der Waals surface area contributed by atoms with Gasteiger partial charge >= 0.3 is 0 Å². The molecule has 7 nitrogen and oxygen atoms in total. The van der Waals surface area contributed by atoms with Crippen molar-refractivity contribution in [3.05, 3.63) is 34.9 Å². The van der Waals surface area contributed by atoms with Gasteiger partial charge < -0.3 is 14.7 Å². The van der Waals surface area contributed by atoms with Crippen LogP contribution in [-0.4, -0.2) is 71.6 Å². The standard InChI is InChI=1S/C20H28N4O3/c25-11-10-24-15-21-19-13-16(4-5-18(19)20(24)26)23-8-6-22(7-9-23)14-17-3-1-2-12-27-17/h4-5,13,15,17,25H,1-3,6-12,14H2. The Morgan fingerprint density at radius 1 is 1.19 bits per heavy atom. The van der Waals surface area contributed by atoms with Crippen molar-refractivity contribution in [3.63, 3.8) is 0 Å².